The molecule has 0 radical (unpaired) electrons. The molecular formula is C23H39N3O4. The molecule has 1 aliphatic rings. The van der Waals surface area contributed by atoms with Crippen LogP contribution in [0.25, 0.3) is 0 Å². The number of ether oxygens (including phenoxy) is 1. The predicted molar refractivity (Wildman–Crippen MR) is 117 cm³/mol. The number of carbonyl (C=O) groups is 2. The lowest BCUT2D eigenvalue weighted by Gasteiger charge is -2.40. The quantitative estimate of drug-likeness (QED) is 0.552. The molecule has 1 rings (SSSR count). The monoisotopic (exact) mass is 421 g/mol. The summed E-state index contributed by atoms with van der Waals surface area (Å²) in [4.78, 5) is 26.8. The molecule has 2 N–H and O–H groups in total. The highest BCUT2D eigenvalue weighted by Gasteiger charge is 2.49. The Morgan fingerprint density at radius 2 is 2.03 bits per heavy atom. The van der Waals surface area contributed by atoms with Gasteiger partial charge in [0.15, 0.2) is 0 Å². The molecule has 2 amide bonds. The van der Waals surface area contributed by atoms with Crippen LogP contribution >= 0.6 is 0 Å². The molecule has 30 heavy (non-hydrogen) atoms. The number of rotatable bonds is 9. The van der Waals surface area contributed by atoms with Crippen LogP contribution in [0.1, 0.15) is 73.6 Å². The van der Waals surface area contributed by atoms with Crippen molar-refractivity contribution in [2.45, 2.75) is 97.4 Å². The number of nitrogens with zero attached hydrogens (tertiary/aromatic N) is 2. The number of nitriles is 1. The fraction of sp³-hybridized carbons (Fsp3) is 0.783. The molecule has 7 heteroatoms. The first kappa shape index (κ1) is 26.0. The Balaban J connectivity index is 3.45. The number of hydrogen-bond donors (Lipinski definition) is 2. The van der Waals surface area contributed by atoms with Gasteiger partial charge in [-0.1, -0.05) is 25.5 Å². The second-order valence-corrected chi connectivity index (χ2v) is 9.09. The summed E-state index contributed by atoms with van der Waals surface area (Å²) in [5.74, 6) is -0.169. The summed E-state index contributed by atoms with van der Waals surface area (Å²) in [5.41, 5.74) is -0.691. The molecule has 0 spiro atoms. The van der Waals surface area contributed by atoms with Crippen molar-refractivity contribution < 1.29 is 19.4 Å². The van der Waals surface area contributed by atoms with Gasteiger partial charge in [-0.2, -0.15) is 5.26 Å². The van der Waals surface area contributed by atoms with Crippen LogP contribution in [0.15, 0.2) is 12.2 Å². The molecule has 7 nitrogen and oxygen atoms in total. The van der Waals surface area contributed by atoms with Gasteiger partial charge in [-0.15, -0.1) is 0 Å². The SMILES string of the molecule is C/C=C\C1C[C@H](C#N)N(C(=O)OC(C)(C)C)[C@H]1[C@@H](NC(C)=O)C(CCC)CCCO. The number of allylic oxidation sites excluding steroid dienone is 1. The minimum atomic E-state index is -0.691. The van der Waals surface area contributed by atoms with Crippen LogP contribution in [0.4, 0.5) is 4.79 Å². The molecule has 0 bridgehead atoms. The summed E-state index contributed by atoms with van der Waals surface area (Å²) < 4.78 is 5.65. The Morgan fingerprint density at radius 1 is 1.37 bits per heavy atom. The topological polar surface area (TPSA) is 103 Å². The van der Waals surface area contributed by atoms with E-state index in [-0.39, 0.29) is 36.4 Å². The minimum absolute atomic E-state index is 0.0718. The third-order valence-corrected chi connectivity index (χ3v) is 5.42. The van der Waals surface area contributed by atoms with Gasteiger partial charge in [0, 0.05) is 19.4 Å². The van der Waals surface area contributed by atoms with E-state index < -0.39 is 17.7 Å². The van der Waals surface area contributed by atoms with Crippen molar-refractivity contribution in [3.05, 3.63) is 12.2 Å². The number of aliphatic hydroxyl groups is 1. The zero-order valence-corrected chi connectivity index (χ0v) is 19.4. The van der Waals surface area contributed by atoms with Gasteiger partial charge in [-0.3, -0.25) is 9.69 Å². The summed E-state index contributed by atoms with van der Waals surface area (Å²) in [6.45, 7) is 10.9. The van der Waals surface area contributed by atoms with Crippen LogP contribution in [0.5, 0.6) is 0 Å². The van der Waals surface area contributed by atoms with Crippen molar-refractivity contribution in [2.24, 2.45) is 11.8 Å². The van der Waals surface area contributed by atoms with Gasteiger partial charge in [0.05, 0.1) is 18.2 Å². The van der Waals surface area contributed by atoms with Crippen LogP contribution < -0.4 is 5.32 Å². The van der Waals surface area contributed by atoms with Gasteiger partial charge < -0.3 is 15.2 Å². The Morgan fingerprint density at radius 3 is 2.50 bits per heavy atom. The third kappa shape index (κ3) is 7.32. The molecular weight excluding hydrogens is 382 g/mol. The lowest BCUT2D eigenvalue weighted by Crippen LogP contribution is -2.57. The Kier molecular flexibility index (Phi) is 10.3. The first-order valence-corrected chi connectivity index (χ1v) is 11.0. The van der Waals surface area contributed by atoms with E-state index in [1.165, 1.54) is 11.8 Å². The van der Waals surface area contributed by atoms with Gasteiger partial charge in [0.1, 0.15) is 11.6 Å². The van der Waals surface area contributed by atoms with Crippen molar-refractivity contribution in [2.75, 3.05) is 6.61 Å². The number of aliphatic hydroxyl groups excluding tert-OH is 1. The lowest BCUT2D eigenvalue weighted by atomic mass is 9.81. The minimum Gasteiger partial charge on any atom is -0.444 e. The van der Waals surface area contributed by atoms with E-state index in [1.807, 2.05) is 19.1 Å². The highest BCUT2D eigenvalue weighted by molar-refractivity contribution is 5.74. The number of likely N-dealkylation sites (tertiary alicyclic amines) is 1. The van der Waals surface area contributed by atoms with E-state index in [9.17, 15) is 20.0 Å². The molecule has 0 aromatic carbocycles. The number of amides is 2. The van der Waals surface area contributed by atoms with E-state index in [1.54, 1.807) is 20.8 Å². The van der Waals surface area contributed by atoms with Crippen molar-refractivity contribution in [3.63, 3.8) is 0 Å². The Bertz CT molecular complexity index is 635. The fourth-order valence-electron chi connectivity index (χ4n) is 4.43. The summed E-state index contributed by atoms with van der Waals surface area (Å²) >= 11 is 0. The first-order valence-electron chi connectivity index (χ1n) is 11.0. The smallest absolute Gasteiger partial charge is 0.411 e. The summed E-state index contributed by atoms with van der Waals surface area (Å²) in [5, 5.41) is 22.2. The molecule has 1 fully saturated rings. The zero-order chi connectivity index (χ0) is 22.9. The van der Waals surface area contributed by atoms with Crippen molar-refractivity contribution in [1.82, 2.24) is 10.2 Å². The number of carbonyl (C=O) groups excluding carboxylic acids is 2. The average Bonchev–Trinajstić information content (AvgIpc) is 3.00. The lowest BCUT2D eigenvalue weighted by molar-refractivity contribution is -0.120. The second kappa shape index (κ2) is 11.9. The van der Waals surface area contributed by atoms with Crippen molar-refractivity contribution in [3.8, 4) is 6.07 Å². The maximum Gasteiger partial charge on any atom is 0.411 e. The third-order valence-electron chi connectivity index (χ3n) is 5.42. The fourth-order valence-corrected chi connectivity index (χ4v) is 4.43. The van der Waals surface area contributed by atoms with Gasteiger partial charge in [0.25, 0.3) is 0 Å². The van der Waals surface area contributed by atoms with E-state index in [2.05, 4.69) is 18.3 Å². The molecule has 0 aromatic rings. The number of hydrogen-bond acceptors (Lipinski definition) is 5. The predicted octanol–water partition coefficient (Wildman–Crippen LogP) is 3.77. The average molecular weight is 422 g/mol. The normalized spacial score (nSPS) is 23.8. The zero-order valence-electron chi connectivity index (χ0n) is 19.4. The highest BCUT2D eigenvalue weighted by Crippen LogP contribution is 2.38. The van der Waals surface area contributed by atoms with Gasteiger partial charge in [-0.25, -0.2) is 4.79 Å². The van der Waals surface area contributed by atoms with E-state index in [0.717, 1.165) is 19.3 Å². The molecule has 5 atom stereocenters. The maximum absolute atomic E-state index is 13.2. The van der Waals surface area contributed by atoms with Crippen LogP contribution in [0.3, 0.4) is 0 Å². The van der Waals surface area contributed by atoms with Crippen molar-refractivity contribution >= 4 is 12.0 Å². The van der Waals surface area contributed by atoms with Crippen LogP contribution in [-0.4, -0.2) is 52.3 Å². The molecule has 0 aliphatic carbocycles. The van der Waals surface area contributed by atoms with E-state index in [0.29, 0.717) is 12.8 Å². The van der Waals surface area contributed by atoms with Crippen LogP contribution in [0.2, 0.25) is 0 Å². The molecule has 1 saturated heterocycles. The van der Waals surface area contributed by atoms with E-state index >= 15 is 0 Å². The Labute approximate surface area is 181 Å². The largest absolute Gasteiger partial charge is 0.444 e. The standard InChI is InChI=1S/C23H39N3O4/c1-7-10-17(12-9-13-27)20(25-16(3)28)21-18(11-8-2)14-19(15-24)26(21)22(29)30-23(4,5)6/h8,11,17-21,27H,7,9-10,12-14H2,1-6H3,(H,25,28)/b11-8-/t17?,18?,19-,20+,21-/m1/s1. The summed E-state index contributed by atoms with van der Waals surface area (Å²) in [6, 6.07) is 0.916. The highest BCUT2D eigenvalue weighted by atomic mass is 16.6. The number of nitrogens with one attached hydrogen (secondary N) is 1. The van der Waals surface area contributed by atoms with Gasteiger partial charge >= 0.3 is 6.09 Å². The molecule has 1 aliphatic heterocycles. The maximum atomic E-state index is 13.2. The summed E-state index contributed by atoms with van der Waals surface area (Å²) in [6.07, 6.45) is 7.04. The van der Waals surface area contributed by atoms with Gasteiger partial charge in [-0.05, 0) is 59.3 Å². The second-order valence-electron chi connectivity index (χ2n) is 9.09. The van der Waals surface area contributed by atoms with Crippen molar-refractivity contribution in [1.29, 1.82) is 5.26 Å². The molecule has 0 saturated carbocycles. The van der Waals surface area contributed by atoms with Crippen LogP contribution in [0, 0.1) is 23.2 Å². The van der Waals surface area contributed by atoms with Gasteiger partial charge in [0.2, 0.25) is 5.91 Å². The molecule has 2 unspecified atom stereocenters. The Hall–Kier alpha value is -2.07. The molecule has 1 heterocycles. The molecule has 170 valence electrons. The summed E-state index contributed by atoms with van der Waals surface area (Å²) in [7, 11) is 0. The molecule has 0 aromatic heterocycles. The van der Waals surface area contributed by atoms with E-state index in [4.69, 9.17) is 4.74 Å². The van der Waals surface area contributed by atoms with Crippen LogP contribution in [-0.2, 0) is 9.53 Å². The first-order chi connectivity index (χ1) is 14.1.